The Kier molecular flexibility index (Phi) is 18.1. The summed E-state index contributed by atoms with van der Waals surface area (Å²) >= 11 is 8.14. The second kappa shape index (κ2) is 24.5. The van der Waals surface area contributed by atoms with Gasteiger partial charge in [-0.15, -0.1) is 11.3 Å². The van der Waals surface area contributed by atoms with Gasteiger partial charge >= 0.3 is 0 Å². The highest BCUT2D eigenvalue weighted by molar-refractivity contribution is 7.13. The number of aliphatic hydroxyl groups is 1. The van der Waals surface area contributed by atoms with E-state index in [9.17, 15) is 24.3 Å². The lowest BCUT2D eigenvalue weighted by atomic mass is 9.85. The molecule has 4 amide bonds. The number of pyridine rings is 1. The third-order valence-electron chi connectivity index (χ3n) is 12.7. The van der Waals surface area contributed by atoms with Crippen LogP contribution in [0.3, 0.4) is 0 Å². The van der Waals surface area contributed by atoms with E-state index in [0.29, 0.717) is 40.9 Å². The standard InChI is InChI=1S/C55H64ClN9O5S/c1-35(37-22-24-39(25-23-37)49-36(2)60-34-71-49)61-52(69)46-29-44(66)33-65(46)53(70)50(55(3,4)5)63-47(67)21-14-9-7-6-8-10-15-26-58-51(68)42-28-43(31-57-30-42)62-54-59-32-45(56)48(64-54)41-20-16-19-40(27-41)38-17-12-11-13-18-38/h11-13,16-20,22-25,27-28,30-32,34-35,44,46,50,66H,6-10,14-15,21,26,29,33H2,1-5H3,(H,58,68)(H,61,69)(H,63,67)(H,59,62,64)/t35?,44-,46+,50?/m1/s1. The molecule has 1 aliphatic heterocycles. The van der Waals surface area contributed by atoms with Crippen molar-refractivity contribution in [3.63, 3.8) is 0 Å². The average molecular weight is 999 g/mol. The van der Waals surface area contributed by atoms with Crippen LogP contribution in [-0.4, -0.2) is 84.8 Å². The molecule has 71 heavy (non-hydrogen) atoms. The topological polar surface area (TPSA) is 191 Å². The van der Waals surface area contributed by atoms with E-state index in [-0.39, 0.29) is 49.1 Å². The Morgan fingerprint density at radius 3 is 2.24 bits per heavy atom. The molecular formula is C55H64ClN9O5S. The van der Waals surface area contributed by atoms with Crippen LogP contribution in [0.4, 0.5) is 11.6 Å². The highest BCUT2D eigenvalue weighted by Gasteiger charge is 2.44. The van der Waals surface area contributed by atoms with Crippen LogP contribution in [-0.2, 0) is 14.4 Å². The molecular weight excluding hydrogens is 934 g/mol. The summed E-state index contributed by atoms with van der Waals surface area (Å²) in [5.74, 6) is -0.838. The Hall–Kier alpha value is -6.55. The Balaban J connectivity index is 0.791. The lowest BCUT2D eigenvalue weighted by Crippen LogP contribution is -2.57. The molecule has 372 valence electrons. The van der Waals surface area contributed by atoms with Crippen LogP contribution in [0.25, 0.3) is 32.8 Å². The molecule has 0 bridgehead atoms. The largest absolute Gasteiger partial charge is 0.391 e. The highest BCUT2D eigenvalue weighted by atomic mass is 35.5. The number of thiazole rings is 1. The second-order valence-electron chi connectivity index (χ2n) is 19.3. The molecule has 6 aromatic rings. The zero-order valence-electron chi connectivity index (χ0n) is 41.1. The maximum atomic E-state index is 14.1. The first-order valence-corrected chi connectivity index (χ1v) is 25.7. The van der Waals surface area contributed by atoms with Gasteiger partial charge in [0.1, 0.15) is 12.1 Å². The molecule has 1 saturated heterocycles. The van der Waals surface area contributed by atoms with E-state index in [4.69, 9.17) is 11.6 Å². The van der Waals surface area contributed by atoms with Crippen molar-refractivity contribution < 1.29 is 24.3 Å². The van der Waals surface area contributed by atoms with E-state index in [1.807, 2.05) is 107 Å². The number of benzene rings is 3. The second-order valence-corrected chi connectivity index (χ2v) is 20.5. The van der Waals surface area contributed by atoms with E-state index < -0.39 is 23.6 Å². The van der Waals surface area contributed by atoms with E-state index in [0.717, 1.165) is 76.9 Å². The minimum Gasteiger partial charge on any atom is -0.391 e. The van der Waals surface area contributed by atoms with Crippen LogP contribution < -0.4 is 21.3 Å². The molecule has 4 heterocycles. The summed E-state index contributed by atoms with van der Waals surface area (Å²) in [7, 11) is 0. The minimum atomic E-state index is -0.874. The minimum absolute atomic E-state index is 0.0162. The van der Waals surface area contributed by atoms with Gasteiger partial charge in [0.2, 0.25) is 23.7 Å². The Morgan fingerprint density at radius 2 is 1.52 bits per heavy atom. The number of anilines is 2. The van der Waals surface area contributed by atoms with Gasteiger partial charge < -0.3 is 31.3 Å². The number of carbonyl (C=O) groups is 4. The monoisotopic (exact) mass is 997 g/mol. The van der Waals surface area contributed by atoms with Crippen molar-refractivity contribution in [1.82, 2.24) is 40.8 Å². The van der Waals surface area contributed by atoms with E-state index in [2.05, 4.69) is 53.3 Å². The van der Waals surface area contributed by atoms with Crippen molar-refractivity contribution in [2.75, 3.05) is 18.4 Å². The number of halogens is 1. The molecule has 7 rings (SSSR count). The van der Waals surface area contributed by atoms with Crippen molar-refractivity contribution in [3.8, 4) is 32.8 Å². The van der Waals surface area contributed by atoms with Crippen molar-refractivity contribution in [2.45, 2.75) is 117 Å². The van der Waals surface area contributed by atoms with Crippen molar-refractivity contribution in [1.29, 1.82) is 0 Å². The molecule has 3 aromatic carbocycles. The fourth-order valence-electron chi connectivity index (χ4n) is 8.72. The number of amides is 4. The van der Waals surface area contributed by atoms with Gasteiger partial charge in [0.15, 0.2) is 0 Å². The van der Waals surface area contributed by atoms with Crippen LogP contribution in [0, 0.1) is 12.3 Å². The normalized spacial score (nSPS) is 15.5. The fraction of sp³-hybridized carbons (Fsp3) is 0.382. The van der Waals surface area contributed by atoms with Crippen LogP contribution in [0.1, 0.15) is 113 Å². The van der Waals surface area contributed by atoms with Gasteiger partial charge in [0.05, 0.1) is 62.6 Å². The molecule has 4 atom stereocenters. The number of aryl methyl sites for hydroxylation is 1. The lowest BCUT2D eigenvalue weighted by Gasteiger charge is -2.35. The number of hydrogen-bond acceptors (Lipinski definition) is 11. The number of likely N-dealkylation sites (tertiary alicyclic amines) is 1. The first-order chi connectivity index (χ1) is 34.1. The van der Waals surface area contributed by atoms with Gasteiger partial charge in [-0.05, 0) is 66.5 Å². The molecule has 1 aliphatic rings. The van der Waals surface area contributed by atoms with Crippen LogP contribution in [0.15, 0.2) is 109 Å². The number of rotatable bonds is 21. The van der Waals surface area contributed by atoms with Crippen LogP contribution in [0.2, 0.25) is 5.02 Å². The number of nitrogens with zero attached hydrogens (tertiary/aromatic N) is 5. The van der Waals surface area contributed by atoms with Gasteiger partial charge in [-0.3, -0.25) is 24.2 Å². The maximum Gasteiger partial charge on any atom is 0.252 e. The average Bonchev–Trinajstić information content (AvgIpc) is 3.99. The SMILES string of the molecule is Cc1ncsc1-c1ccc(C(C)NC(=O)[C@@H]2C[C@@H](O)CN2C(=O)C(NC(=O)CCCCCCCCCNC(=O)c2cncc(Nc3ncc(Cl)c(-c4cccc(-c5ccccc5)c4)n3)c2)C(C)(C)C)cc1. The highest BCUT2D eigenvalue weighted by Crippen LogP contribution is 2.32. The number of aliphatic hydroxyl groups excluding tert-OH is 1. The summed E-state index contributed by atoms with van der Waals surface area (Å²) in [5.41, 5.74) is 8.66. The van der Waals surface area contributed by atoms with Gasteiger partial charge in [-0.1, -0.05) is 137 Å². The van der Waals surface area contributed by atoms with Crippen LogP contribution >= 0.6 is 22.9 Å². The summed E-state index contributed by atoms with van der Waals surface area (Å²) in [6, 6.07) is 25.7. The van der Waals surface area contributed by atoms with Gasteiger partial charge in [0, 0.05) is 37.7 Å². The quantitative estimate of drug-likeness (QED) is 0.0434. The van der Waals surface area contributed by atoms with Crippen molar-refractivity contribution >= 4 is 58.2 Å². The molecule has 3 aromatic heterocycles. The predicted molar refractivity (Wildman–Crippen MR) is 281 cm³/mol. The Labute approximate surface area is 425 Å². The molecule has 16 heteroatoms. The Morgan fingerprint density at radius 1 is 0.817 bits per heavy atom. The lowest BCUT2D eigenvalue weighted by molar-refractivity contribution is -0.144. The summed E-state index contributed by atoms with van der Waals surface area (Å²) in [4.78, 5) is 74.2. The van der Waals surface area contributed by atoms with Gasteiger partial charge in [-0.25, -0.2) is 15.0 Å². The van der Waals surface area contributed by atoms with Gasteiger partial charge in [-0.2, -0.15) is 0 Å². The van der Waals surface area contributed by atoms with E-state index >= 15 is 0 Å². The summed E-state index contributed by atoms with van der Waals surface area (Å²) in [6.07, 6.45) is 10.5. The van der Waals surface area contributed by atoms with E-state index in [1.165, 1.54) is 11.1 Å². The maximum absolute atomic E-state index is 14.1. The summed E-state index contributed by atoms with van der Waals surface area (Å²) in [6.45, 7) is 10.1. The first-order valence-electron chi connectivity index (χ1n) is 24.4. The zero-order chi connectivity index (χ0) is 50.5. The smallest absolute Gasteiger partial charge is 0.252 e. The number of aromatic nitrogens is 4. The predicted octanol–water partition coefficient (Wildman–Crippen LogP) is 10.3. The van der Waals surface area contributed by atoms with Crippen LogP contribution in [0.5, 0.6) is 0 Å². The molecule has 2 unspecified atom stereocenters. The molecule has 1 fully saturated rings. The molecule has 0 spiro atoms. The molecule has 0 saturated carbocycles. The van der Waals surface area contributed by atoms with Gasteiger partial charge in [0.25, 0.3) is 5.91 Å². The number of hydrogen-bond donors (Lipinski definition) is 5. The fourth-order valence-corrected chi connectivity index (χ4v) is 9.73. The third kappa shape index (κ3) is 14.3. The molecule has 14 nitrogen and oxygen atoms in total. The molecule has 5 N–H and O–H groups in total. The number of unbranched alkanes of at least 4 members (excludes halogenated alkanes) is 6. The number of carbonyl (C=O) groups excluding carboxylic acids is 4. The molecule has 0 aliphatic carbocycles. The Bertz CT molecular complexity index is 2770. The summed E-state index contributed by atoms with van der Waals surface area (Å²) in [5, 5.41) is 23.2. The van der Waals surface area contributed by atoms with E-state index in [1.54, 1.807) is 29.8 Å². The third-order valence-corrected chi connectivity index (χ3v) is 13.9. The first kappa shape index (κ1) is 52.3. The van der Waals surface area contributed by atoms with Crippen molar-refractivity contribution in [3.05, 3.63) is 131 Å². The number of nitrogens with one attached hydrogen (secondary N) is 4. The molecule has 0 radical (unpaired) electrons. The number of β-amino-alcohol motifs (C(OH)–C–C–N with tert-alkyl or cyclic N) is 1. The summed E-state index contributed by atoms with van der Waals surface area (Å²) < 4.78 is 0. The van der Waals surface area contributed by atoms with Crippen molar-refractivity contribution in [2.24, 2.45) is 5.41 Å². The zero-order valence-corrected chi connectivity index (χ0v) is 42.7.